The Morgan fingerprint density at radius 2 is 1.25 bits per heavy atom. The molecule has 0 saturated carbocycles. The maximum atomic E-state index is 11.9. The third kappa shape index (κ3) is 5.39. The molecule has 2 aromatic rings. The smallest absolute Gasteiger partial charge is 0.347 e. The monoisotopic (exact) mass is 385 g/mol. The predicted octanol–water partition coefficient (Wildman–Crippen LogP) is 1.03. The average Bonchev–Trinajstić information content (AvgIpc) is 2.66. The quantitative estimate of drug-likeness (QED) is 0.374. The minimum absolute atomic E-state index is 0.0218. The molecular formula is C19H19N3O6. The van der Waals surface area contributed by atoms with E-state index in [0.717, 1.165) is 0 Å². The molecule has 146 valence electrons. The minimum Gasteiger partial charge on any atom is -0.398 e. The molecular weight excluding hydrogens is 366 g/mol. The summed E-state index contributed by atoms with van der Waals surface area (Å²) in [6, 6.07) is 10.9. The van der Waals surface area contributed by atoms with Crippen LogP contribution in [0.4, 0.5) is 11.4 Å². The summed E-state index contributed by atoms with van der Waals surface area (Å²) >= 11 is 0. The highest BCUT2D eigenvalue weighted by Gasteiger charge is 2.23. The first kappa shape index (κ1) is 20.6. The Bertz CT molecular complexity index is 912. The molecule has 0 spiro atoms. The fourth-order valence-corrected chi connectivity index (χ4v) is 2.19. The molecule has 0 bridgehead atoms. The first-order valence-electron chi connectivity index (χ1n) is 8.25. The van der Waals surface area contributed by atoms with E-state index in [1.54, 1.807) is 24.3 Å². The lowest BCUT2D eigenvalue weighted by molar-refractivity contribution is -0.140. The lowest BCUT2D eigenvalue weighted by Gasteiger charge is -2.11. The SMILES string of the molecule is Nc1ccccc1C(=O)OC(=O)CCC(N)C(=O)OC(=O)c1ccccc1N. The Balaban J connectivity index is 1.83. The Kier molecular flexibility index (Phi) is 6.83. The number of hydrogen-bond acceptors (Lipinski definition) is 9. The number of hydrogen-bond donors (Lipinski definition) is 3. The molecule has 2 rings (SSSR count). The van der Waals surface area contributed by atoms with Crippen LogP contribution in [0.3, 0.4) is 0 Å². The van der Waals surface area contributed by atoms with Crippen LogP contribution in [-0.2, 0) is 19.1 Å². The van der Waals surface area contributed by atoms with Crippen LogP contribution in [0.25, 0.3) is 0 Å². The molecule has 1 atom stereocenters. The van der Waals surface area contributed by atoms with Crippen molar-refractivity contribution in [3.8, 4) is 0 Å². The summed E-state index contributed by atoms with van der Waals surface area (Å²) in [5, 5.41) is 0. The fourth-order valence-electron chi connectivity index (χ4n) is 2.19. The Hall–Kier alpha value is -3.72. The molecule has 0 aliphatic rings. The van der Waals surface area contributed by atoms with Gasteiger partial charge in [0, 0.05) is 17.8 Å². The number of benzene rings is 2. The van der Waals surface area contributed by atoms with Crippen LogP contribution >= 0.6 is 0 Å². The molecule has 9 nitrogen and oxygen atoms in total. The van der Waals surface area contributed by atoms with Gasteiger partial charge in [-0.3, -0.25) is 4.79 Å². The number of esters is 4. The first-order valence-corrected chi connectivity index (χ1v) is 8.25. The van der Waals surface area contributed by atoms with E-state index in [4.69, 9.17) is 17.2 Å². The van der Waals surface area contributed by atoms with E-state index in [1.165, 1.54) is 24.3 Å². The number of carbonyl (C=O) groups is 4. The number of anilines is 2. The van der Waals surface area contributed by atoms with Gasteiger partial charge in [0.1, 0.15) is 6.04 Å². The third-order valence-electron chi connectivity index (χ3n) is 3.72. The molecule has 0 saturated heterocycles. The standard InChI is InChI=1S/C19H19N3O6/c20-13-7-3-1-5-11(13)17(24)27-16(23)10-9-15(22)19(26)28-18(25)12-6-2-4-8-14(12)21/h1-8,15H,9-10,20-22H2. The van der Waals surface area contributed by atoms with Crippen LogP contribution in [0, 0.1) is 0 Å². The summed E-state index contributed by atoms with van der Waals surface area (Å²) < 4.78 is 9.32. The second-order valence-electron chi connectivity index (χ2n) is 5.79. The van der Waals surface area contributed by atoms with Crippen molar-refractivity contribution in [3.63, 3.8) is 0 Å². The van der Waals surface area contributed by atoms with Gasteiger partial charge in [-0.15, -0.1) is 0 Å². The van der Waals surface area contributed by atoms with Crippen molar-refractivity contribution >= 4 is 35.3 Å². The van der Waals surface area contributed by atoms with Crippen LogP contribution in [0.2, 0.25) is 0 Å². The maximum absolute atomic E-state index is 11.9. The van der Waals surface area contributed by atoms with Gasteiger partial charge in [0.15, 0.2) is 0 Å². The summed E-state index contributed by atoms with van der Waals surface area (Å²) in [7, 11) is 0. The molecule has 6 N–H and O–H groups in total. The van der Waals surface area contributed by atoms with E-state index in [1.807, 2.05) is 0 Å². The van der Waals surface area contributed by atoms with E-state index < -0.39 is 29.9 Å². The van der Waals surface area contributed by atoms with Gasteiger partial charge < -0.3 is 26.7 Å². The number of ether oxygens (including phenoxy) is 2. The van der Waals surface area contributed by atoms with Crippen LogP contribution in [-0.4, -0.2) is 29.9 Å². The molecule has 1 unspecified atom stereocenters. The van der Waals surface area contributed by atoms with Crippen LogP contribution in [0.5, 0.6) is 0 Å². The van der Waals surface area contributed by atoms with Crippen molar-refractivity contribution in [1.82, 2.24) is 0 Å². The summed E-state index contributed by atoms with van der Waals surface area (Å²) in [5.74, 6) is -3.78. The molecule has 0 aliphatic carbocycles. The zero-order valence-electron chi connectivity index (χ0n) is 14.8. The van der Waals surface area contributed by atoms with Gasteiger partial charge >= 0.3 is 23.9 Å². The van der Waals surface area contributed by atoms with Crippen molar-refractivity contribution in [3.05, 3.63) is 59.7 Å². The Morgan fingerprint density at radius 1 is 0.786 bits per heavy atom. The molecule has 0 fully saturated rings. The molecule has 0 heterocycles. The lowest BCUT2D eigenvalue weighted by Crippen LogP contribution is -2.34. The van der Waals surface area contributed by atoms with Crippen molar-refractivity contribution in [2.24, 2.45) is 5.73 Å². The molecule has 9 heteroatoms. The van der Waals surface area contributed by atoms with Crippen molar-refractivity contribution < 1.29 is 28.7 Å². The van der Waals surface area contributed by atoms with Gasteiger partial charge in [-0.05, 0) is 30.7 Å². The normalized spacial score (nSPS) is 11.3. The zero-order valence-corrected chi connectivity index (χ0v) is 14.8. The highest BCUT2D eigenvalue weighted by atomic mass is 16.6. The summed E-state index contributed by atoms with van der Waals surface area (Å²) in [5.41, 5.74) is 17.3. The molecule has 28 heavy (non-hydrogen) atoms. The van der Waals surface area contributed by atoms with Crippen molar-refractivity contribution in [1.29, 1.82) is 0 Å². The molecule has 0 aliphatic heterocycles. The van der Waals surface area contributed by atoms with Gasteiger partial charge in [0.2, 0.25) is 0 Å². The second-order valence-corrected chi connectivity index (χ2v) is 5.79. The molecule has 2 aromatic carbocycles. The highest BCUT2D eigenvalue weighted by Crippen LogP contribution is 2.14. The van der Waals surface area contributed by atoms with Crippen LogP contribution in [0.1, 0.15) is 33.6 Å². The molecule has 0 amide bonds. The number of rotatable bonds is 6. The third-order valence-corrected chi connectivity index (χ3v) is 3.72. The van der Waals surface area contributed by atoms with E-state index in [2.05, 4.69) is 9.47 Å². The van der Waals surface area contributed by atoms with E-state index in [0.29, 0.717) is 0 Å². The number of carbonyl (C=O) groups excluding carboxylic acids is 4. The highest BCUT2D eigenvalue weighted by molar-refractivity contribution is 6.02. The van der Waals surface area contributed by atoms with Gasteiger partial charge in [0.05, 0.1) is 11.1 Å². The lowest BCUT2D eigenvalue weighted by atomic mass is 10.1. The van der Waals surface area contributed by atoms with E-state index in [9.17, 15) is 19.2 Å². The van der Waals surface area contributed by atoms with Gasteiger partial charge in [-0.25, -0.2) is 14.4 Å². The van der Waals surface area contributed by atoms with Crippen molar-refractivity contribution in [2.75, 3.05) is 11.5 Å². The summed E-state index contributed by atoms with van der Waals surface area (Å²) in [4.78, 5) is 47.5. The first-order chi connectivity index (χ1) is 13.3. The predicted molar refractivity (Wildman–Crippen MR) is 99.8 cm³/mol. The largest absolute Gasteiger partial charge is 0.398 e. The van der Waals surface area contributed by atoms with Gasteiger partial charge in [-0.1, -0.05) is 24.3 Å². The fraction of sp³-hybridized carbons (Fsp3) is 0.158. The van der Waals surface area contributed by atoms with Gasteiger partial charge in [-0.2, -0.15) is 0 Å². The minimum atomic E-state index is -1.27. The number of nitrogen functional groups attached to an aromatic ring is 2. The average molecular weight is 385 g/mol. The Morgan fingerprint density at radius 3 is 1.75 bits per heavy atom. The number of nitrogens with two attached hydrogens (primary N) is 3. The van der Waals surface area contributed by atoms with Gasteiger partial charge in [0.25, 0.3) is 0 Å². The zero-order chi connectivity index (χ0) is 20.7. The number of para-hydroxylation sites is 2. The Labute approximate surface area is 160 Å². The summed E-state index contributed by atoms with van der Waals surface area (Å²) in [6.07, 6.45) is -0.525. The molecule has 0 aromatic heterocycles. The van der Waals surface area contributed by atoms with Crippen LogP contribution < -0.4 is 17.2 Å². The second kappa shape index (κ2) is 9.28. The van der Waals surface area contributed by atoms with E-state index >= 15 is 0 Å². The molecule has 0 radical (unpaired) electrons. The van der Waals surface area contributed by atoms with Crippen LogP contribution in [0.15, 0.2) is 48.5 Å². The topological polar surface area (TPSA) is 165 Å². The van der Waals surface area contributed by atoms with Crippen molar-refractivity contribution in [2.45, 2.75) is 18.9 Å². The maximum Gasteiger partial charge on any atom is 0.347 e. The van der Waals surface area contributed by atoms with E-state index in [-0.39, 0.29) is 35.3 Å². The summed E-state index contributed by atoms with van der Waals surface area (Å²) in [6.45, 7) is 0.